The molecule has 15 heavy (non-hydrogen) atoms. The molecule has 1 aromatic heterocycles. The Kier molecular flexibility index (Phi) is 3.90. The van der Waals surface area contributed by atoms with Crippen molar-refractivity contribution >= 4 is 12.4 Å². The third-order valence-electron chi connectivity index (χ3n) is 2.70. The largest absolute Gasteiger partial charge is 0.376 e. The van der Waals surface area contributed by atoms with Crippen LogP contribution in [0.5, 0.6) is 0 Å². The van der Waals surface area contributed by atoms with Crippen molar-refractivity contribution in [1.29, 1.82) is 0 Å². The van der Waals surface area contributed by atoms with Gasteiger partial charge in [0.25, 0.3) is 5.56 Å². The standard InChI is InChI=1S/C10H14N2O2.ClH/c1-6-9-5-14-3-2-7(9)8(4-11)10(13)12-6;/h2-5,11H2,1H3,(H,12,13);1H. The highest BCUT2D eigenvalue weighted by molar-refractivity contribution is 5.85. The lowest BCUT2D eigenvalue weighted by molar-refractivity contribution is 0.109. The first-order valence-corrected chi connectivity index (χ1v) is 4.75. The van der Waals surface area contributed by atoms with E-state index >= 15 is 0 Å². The minimum Gasteiger partial charge on any atom is -0.376 e. The van der Waals surface area contributed by atoms with Gasteiger partial charge in [0, 0.05) is 23.4 Å². The van der Waals surface area contributed by atoms with Gasteiger partial charge in [-0.2, -0.15) is 0 Å². The van der Waals surface area contributed by atoms with Gasteiger partial charge in [0.1, 0.15) is 0 Å². The Bertz CT molecular complexity index is 415. The molecule has 2 rings (SSSR count). The van der Waals surface area contributed by atoms with Crippen molar-refractivity contribution in [2.75, 3.05) is 6.61 Å². The van der Waals surface area contributed by atoms with Gasteiger partial charge in [-0.25, -0.2) is 0 Å². The number of aromatic amines is 1. The van der Waals surface area contributed by atoms with E-state index in [1.54, 1.807) is 0 Å². The van der Waals surface area contributed by atoms with E-state index in [1.807, 2.05) is 6.92 Å². The Labute approximate surface area is 94.2 Å². The van der Waals surface area contributed by atoms with Gasteiger partial charge in [-0.1, -0.05) is 0 Å². The average molecular weight is 231 g/mol. The van der Waals surface area contributed by atoms with Crippen molar-refractivity contribution < 1.29 is 4.74 Å². The molecule has 2 heterocycles. The van der Waals surface area contributed by atoms with Gasteiger partial charge < -0.3 is 15.5 Å². The fourth-order valence-corrected chi connectivity index (χ4v) is 1.93. The monoisotopic (exact) mass is 230 g/mol. The van der Waals surface area contributed by atoms with Gasteiger partial charge >= 0.3 is 0 Å². The summed E-state index contributed by atoms with van der Waals surface area (Å²) in [6, 6.07) is 0. The molecular formula is C10H15ClN2O2. The van der Waals surface area contributed by atoms with Crippen LogP contribution in [-0.2, 0) is 24.3 Å². The van der Waals surface area contributed by atoms with E-state index in [9.17, 15) is 4.79 Å². The first-order chi connectivity index (χ1) is 6.74. The molecule has 5 heteroatoms. The van der Waals surface area contributed by atoms with Crippen molar-refractivity contribution in [3.05, 3.63) is 32.7 Å². The molecule has 4 nitrogen and oxygen atoms in total. The molecule has 0 amide bonds. The van der Waals surface area contributed by atoms with Crippen LogP contribution < -0.4 is 11.3 Å². The number of aromatic nitrogens is 1. The van der Waals surface area contributed by atoms with E-state index < -0.39 is 0 Å². The number of nitrogens with two attached hydrogens (primary N) is 1. The summed E-state index contributed by atoms with van der Waals surface area (Å²) >= 11 is 0. The predicted octanol–water partition coefficient (Wildman–Crippen LogP) is 0.637. The number of fused-ring (bicyclic) bond motifs is 1. The Morgan fingerprint density at radius 3 is 2.87 bits per heavy atom. The number of ether oxygens (including phenoxy) is 1. The molecule has 1 aliphatic rings. The molecule has 3 N–H and O–H groups in total. The lowest BCUT2D eigenvalue weighted by Gasteiger charge is -2.20. The van der Waals surface area contributed by atoms with Gasteiger partial charge in [-0.05, 0) is 18.9 Å². The van der Waals surface area contributed by atoms with Crippen molar-refractivity contribution in [2.24, 2.45) is 5.73 Å². The fraction of sp³-hybridized carbons (Fsp3) is 0.500. The fourth-order valence-electron chi connectivity index (χ4n) is 1.93. The quantitative estimate of drug-likeness (QED) is 0.744. The highest BCUT2D eigenvalue weighted by Crippen LogP contribution is 2.20. The average Bonchev–Trinajstić information content (AvgIpc) is 2.18. The molecule has 0 bridgehead atoms. The van der Waals surface area contributed by atoms with E-state index in [0.717, 1.165) is 23.2 Å². The SMILES string of the molecule is Cc1[nH]c(=O)c(CN)c2c1COCC2.Cl. The maximum absolute atomic E-state index is 11.6. The molecule has 0 spiro atoms. The van der Waals surface area contributed by atoms with Gasteiger partial charge in [0.15, 0.2) is 0 Å². The molecule has 1 aromatic rings. The van der Waals surface area contributed by atoms with Crippen molar-refractivity contribution in [3.63, 3.8) is 0 Å². The number of pyridine rings is 1. The highest BCUT2D eigenvalue weighted by atomic mass is 35.5. The summed E-state index contributed by atoms with van der Waals surface area (Å²) in [6.07, 6.45) is 0.798. The smallest absolute Gasteiger partial charge is 0.252 e. The normalized spacial score (nSPS) is 14.3. The van der Waals surface area contributed by atoms with E-state index in [-0.39, 0.29) is 18.0 Å². The van der Waals surface area contributed by atoms with Crippen molar-refractivity contribution in [3.8, 4) is 0 Å². The molecule has 0 saturated carbocycles. The molecular weight excluding hydrogens is 216 g/mol. The van der Waals surface area contributed by atoms with Crippen LogP contribution in [0.2, 0.25) is 0 Å². The first-order valence-electron chi connectivity index (χ1n) is 4.75. The minimum atomic E-state index is -0.0503. The van der Waals surface area contributed by atoms with Crippen LogP contribution in [0.25, 0.3) is 0 Å². The molecule has 0 radical (unpaired) electrons. The molecule has 0 atom stereocenters. The van der Waals surface area contributed by atoms with E-state index in [0.29, 0.717) is 25.3 Å². The second-order valence-corrected chi connectivity index (χ2v) is 3.52. The van der Waals surface area contributed by atoms with Crippen LogP contribution in [0, 0.1) is 6.92 Å². The first kappa shape index (κ1) is 12.2. The molecule has 84 valence electrons. The Morgan fingerprint density at radius 2 is 2.20 bits per heavy atom. The van der Waals surface area contributed by atoms with Crippen molar-refractivity contribution in [2.45, 2.75) is 26.5 Å². The minimum absolute atomic E-state index is 0. The number of hydrogen-bond donors (Lipinski definition) is 2. The number of halogens is 1. The van der Waals surface area contributed by atoms with Gasteiger partial charge in [0.05, 0.1) is 13.2 Å². The topological polar surface area (TPSA) is 68.1 Å². The zero-order chi connectivity index (χ0) is 10.1. The Hall–Kier alpha value is -0.840. The molecule has 1 aliphatic heterocycles. The van der Waals surface area contributed by atoms with E-state index in [1.165, 1.54) is 0 Å². The number of rotatable bonds is 1. The lowest BCUT2D eigenvalue weighted by atomic mass is 9.97. The molecule has 0 aliphatic carbocycles. The number of H-pyrrole nitrogens is 1. The van der Waals surface area contributed by atoms with Gasteiger partial charge in [-0.3, -0.25) is 4.79 Å². The Morgan fingerprint density at radius 1 is 1.47 bits per heavy atom. The summed E-state index contributed by atoms with van der Waals surface area (Å²) in [5.41, 5.74) is 9.34. The molecule has 0 fully saturated rings. The van der Waals surface area contributed by atoms with E-state index in [4.69, 9.17) is 10.5 Å². The maximum atomic E-state index is 11.6. The zero-order valence-corrected chi connectivity index (χ0v) is 9.45. The maximum Gasteiger partial charge on any atom is 0.252 e. The third-order valence-corrected chi connectivity index (χ3v) is 2.70. The van der Waals surface area contributed by atoms with Crippen LogP contribution in [0.4, 0.5) is 0 Å². The second-order valence-electron chi connectivity index (χ2n) is 3.52. The summed E-state index contributed by atoms with van der Waals surface area (Å²) in [7, 11) is 0. The van der Waals surface area contributed by atoms with Crippen LogP contribution in [0.3, 0.4) is 0 Å². The number of hydrogen-bond acceptors (Lipinski definition) is 3. The summed E-state index contributed by atoms with van der Waals surface area (Å²) in [5, 5.41) is 0. The highest BCUT2D eigenvalue weighted by Gasteiger charge is 2.17. The summed E-state index contributed by atoms with van der Waals surface area (Å²) in [4.78, 5) is 14.4. The number of nitrogens with one attached hydrogen (secondary N) is 1. The predicted molar refractivity (Wildman–Crippen MR) is 60.3 cm³/mol. The summed E-state index contributed by atoms with van der Waals surface area (Å²) in [5.74, 6) is 0. The van der Waals surface area contributed by atoms with Gasteiger partial charge in [0.2, 0.25) is 0 Å². The zero-order valence-electron chi connectivity index (χ0n) is 8.63. The van der Waals surface area contributed by atoms with Crippen LogP contribution in [0.15, 0.2) is 4.79 Å². The number of aryl methyl sites for hydroxylation is 1. The van der Waals surface area contributed by atoms with Gasteiger partial charge in [-0.15, -0.1) is 12.4 Å². The summed E-state index contributed by atoms with van der Waals surface area (Å²) in [6.45, 7) is 3.47. The van der Waals surface area contributed by atoms with Crippen LogP contribution in [-0.4, -0.2) is 11.6 Å². The van der Waals surface area contributed by atoms with Crippen LogP contribution >= 0.6 is 12.4 Å². The summed E-state index contributed by atoms with van der Waals surface area (Å²) < 4.78 is 5.35. The third kappa shape index (κ3) is 2.07. The molecule has 0 aromatic carbocycles. The lowest BCUT2D eigenvalue weighted by Crippen LogP contribution is -2.25. The Balaban J connectivity index is 0.00000112. The molecule has 0 unspecified atom stereocenters. The van der Waals surface area contributed by atoms with Crippen molar-refractivity contribution in [1.82, 2.24) is 4.98 Å². The molecule has 0 saturated heterocycles. The van der Waals surface area contributed by atoms with Crippen LogP contribution in [0.1, 0.15) is 22.4 Å². The second kappa shape index (κ2) is 4.79. The van der Waals surface area contributed by atoms with E-state index in [2.05, 4.69) is 4.98 Å².